The molecule has 0 unspecified atom stereocenters. The van der Waals surface area contributed by atoms with Crippen LogP contribution in [0.4, 0.5) is 0 Å². The number of nitrogens with two attached hydrogens (primary N) is 1. The van der Waals surface area contributed by atoms with Crippen LogP contribution in [-0.4, -0.2) is 30.3 Å². The summed E-state index contributed by atoms with van der Waals surface area (Å²) in [6.45, 7) is 0.671. The molecule has 0 bridgehead atoms. The van der Waals surface area contributed by atoms with Crippen LogP contribution in [0.1, 0.15) is 31.2 Å². The third-order valence-corrected chi connectivity index (χ3v) is 6.00. The second kappa shape index (κ2) is 5.09. The van der Waals surface area contributed by atoms with Gasteiger partial charge < -0.3 is 5.73 Å². The van der Waals surface area contributed by atoms with Crippen LogP contribution in [0.5, 0.6) is 0 Å². The first-order valence-electron chi connectivity index (χ1n) is 6.90. The molecule has 0 atom stereocenters. The fourth-order valence-corrected chi connectivity index (χ4v) is 4.18. The van der Waals surface area contributed by atoms with Crippen LogP contribution >= 0.6 is 12.2 Å². The van der Waals surface area contributed by atoms with Gasteiger partial charge in [0, 0.05) is 18.2 Å². The lowest BCUT2D eigenvalue weighted by Crippen LogP contribution is -2.35. The second-order valence-corrected chi connectivity index (χ2v) is 7.97. The number of hydrogen-bond acceptors (Lipinski definition) is 3. The van der Waals surface area contributed by atoms with E-state index in [1.165, 1.54) is 0 Å². The second-order valence-electron chi connectivity index (χ2n) is 5.64. The van der Waals surface area contributed by atoms with Crippen molar-refractivity contribution in [3.05, 3.63) is 29.8 Å². The van der Waals surface area contributed by atoms with Crippen LogP contribution in [0.25, 0.3) is 0 Å². The van der Waals surface area contributed by atoms with Crippen molar-refractivity contribution in [1.82, 2.24) is 4.31 Å². The molecular formula is C14H18N2O2S2. The Morgan fingerprint density at radius 1 is 1.20 bits per heavy atom. The van der Waals surface area contributed by atoms with E-state index >= 15 is 0 Å². The molecule has 0 heterocycles. The molecule has 2 aliphatic carbocycles. The minimum absolute atomic E-state index is 0.205. The van der Waals surface area contributed by atoms with E-state index in [1.807, 2.05) is 0 Å². The van der Waals surface area contributed by atoms with Gasteiger partial charge in [-0.15, -0.1) is 0 Å². The van der Waals surface area contributed by atoms with Gasteiger partial charge in [-0.2, -0.15) is 4.31 Å². The van der Waals surface area contributed by atoms with E-state index in [9.17, 15) is 8.42 Å². The largest absolute Gasteiger partial charge is 0.389 e. The van der Waals surface area contributed by atoms with E-state index in [0.29, 0.717) is 22.9 Å². The molecule has 2 saturated carbocycles. The van der Waals surface area contributed by atoms with Gasteiger partial charge in [0.2, 0.25) is 10.0 Å². The molecule has 108 valence electrons. The Morgan fingerprint density at radius 3 is 2.25 bits per heavy atom. The smallest absolute Gasteiger partial charge is 0.243 e. The lowest BCUT2D eigenvalue weighted by molar-refractivity contribution is 0.389. The standard InChI is InChI=1S/C14H18N2O2S2/c15-14(19)11-3-7-13(8-4-11)20(17,18)16(12-5-6-12)9-10-1-2-10/h3-4,7-8,10,12H,1-2,5-6,9H2,(H2,15,19). The average molecular weight is 310 g/mol. The lowest BCUT2D eigenvalue weighted by atomic mass is 10.2. The topological polar surface area (TPSA) is 63.4 Å². The first-order chi connectivity index (χ1) is 9.48. The Bertz CT molecular complexity index is 617. The van der Waals surface area contributed by atoms with Gasteiger partial charge in [0.1, 0.15) is 4.99 Å². The van der Waals surface area contributed by atoms with E-state index in [4.69, 9.17) is 18.0 Å². The molecule has 2 aliphatic rings. The first-order valence-corrected chi connectivity index (χ1v) is 8.75. The Labute approximate surface area is 125 Å². The molecule has 4 nitrogen and oxygen atoms in total. The van der Waals surface area contributed by atoms with E-state index < -0.39 is 10.0 Å². The molecule has 3 rings (SSSR count). The lowest BCUT2D eigenvalue weighted by Gasteiger charge is -2.21. The maximum Gasteiger partial charge on any atom is 0.243 e. The van der Waals surface area contributed by atoms with Gasteiger partial charge >= 0.3 is 0 Å². The summed E-state index contributed by atoms with van der Waals surface area (Å²) in [6.07, 6.45) is 4.27. The summed E-state index contributed by atoms with van der Waals surface area (Å²) in [5.74, 6) is 0.557. The van der Waals surface area contributed by atoms with Crippen molar-refractivity contribution in [2.75, 3.05) is 6.54 Å². The van der Waals surface area contributed by atoms with Crippen LogP contribution in [0.15, 0.2) is 29.2 Å². The van der Waals surface area contributed by atoms with Crippen molar-refractivity contribution in [1.29, 1.82) is 0 Å². The van der Waals surface area contributed by atoms with E-state index in [0.717, 1.165) is 25.7 Å². The third kappa shape index (κ3) is 2.87. The summed E-state index contributed by atoms with van der Waals surface area (Å²) >= 11 is 4.89. The number of sulfonamides is 1. The van der Waals surface area contributed by atoms with Gasteiger partial charge in [-0.05, 0) is 43.7 Å². The predicted molar refractivity (Wildman–Crippen MR) is 82.0 cm³/mol. The van der Waals surface area contributed by atoms with Crippen LogP contribution in [0.3, 0.4) is 0 Å². The SMILES string of the molecule is NC(=S)c1ccc(S(=O)(=O)N(CC2CC2)C2CC2)cc1. The first kappa shape index (κ1) is 14.0. The van der Waals surface area contributed by atoms with Gasteiger partial charge in [0.15, 0.2) is 0 Å². The van der Waals surface area contributed by atoms with Crippen LogP contribution in [0.2, 0.25) is 0 Å². The Balaban J connectivity index is 1.86. The van der Waals surface area contributed by atoms with Crippen LogP contribution in [-0.2, 0) is 10.0 Å². The van der Waals surface area contributed by atoms with Crippen molar-refractivity contribution in [2.45, 2.75) is 36.6 Å². The van der Waals surface area contributed by atoms with Crippen molar-refractivity contribution in [3.63, 3.8) is 0 Å². The molecule has 0 radical (unpaired) electrons. The van der Waals surface area contributed by atoms with E-state index in [-0.39, 0.29) is 11.0 Å². The third-order valence-electron chi connectivity index (χ3n) is 3.83. The summed E-state index contributed by atoms with van der Waals surface area (Å²) < 4.78 is 27.1. The summed E-state index contributed by atoms with van der Waals surface area (Å²) in [4.78, 5) is 0.621. The molecule has 0 aliphatic heterocycles. The molecule has 2 N–H and O–H groups in total. The van der Waals surface area contributed by atoms with Gasteiger partial charge in [-0.3, -0.25) is 0 Å². The highest BCUT2D eigenvalue weighted by molar-refractivity contribution is 7.89. The van der Waals surface area contributed by atoms with Crippen LogP contribution < -0.4 is 5.73 Å². The Kier molecular flexibility index (Phi) is 3.56. The zero-order valence-corrected chi connectivity index (χ0v) is 12.8. The van der Waals surface area contributed by atoms with Gasteiger partial charge in [-0.25, -0.2) is 8.42 Å². The fraction of sp³-hybridized carbons (Fsp3) is 0.500. The fourth-order valence-electron chi connectivity index (χ4n) is 2.29. The summed E-state index contributed by atoms with van der Waals surface area (Å²) in [7, 11) is -3.39. The molecule has 0 spiro atoms. The van der Waals surface area contributed by atoms with Gasteiger partial charge in [0.05, 0.1) is 4.90 Å². The molecule has 0 aromatic heterocycles. The highest BCUT2D eigenvalue weighted by Gasteiger charge is 2.40. The molecule has 20 heavy (non-hydrogen) atoms. The van der Waals surface area contributed by atoms with Crippen molar-refractivity contribution < 1.29 is 8.42 Å². The van der Waals surface area contributed by atoms with Crippen LogP contribution in [0, 0.1) is 5.92 Å². The molecule has 1 aromatic rings. The highest BCUT2D eigenvalue weighted by Crippen LogP contribution is 2.37. The maximum absolute atomic E-state index is 12.7. The Morgan fingerprint density at radius 2 is 1.80 bits per heavy atom. The monoisotopic (exact) mass is 310 g/mol. The average Bonchev–Trinajstić information content (AvgIpc) is 3.27. The number of hydrogen-bond donors (Lipinski definition) is 1. The van der Waals surface area contributed by atoms with Crippen molar-refractivity contribution in [3.8, 4) is 0 Å². The van der Waals surface area contributed by atoms with E-state index in [1.54, 1.807) is 28.6 Å². The normalized spacial score (nSPS) is 19.2. The molecule has 2 fully saturated rings. The van der Waals surface area contributed by atoms with Gasteiger partial charge in [-0.1, -0.05) is 24.4 Å². The Hall–Kier alpha value is -0.980. The number of benzene rings is 1. The predicted octanol–water partition coefficient (Wildman–Crippen LogP) is 1.88. The summed E-state index contributed by atoms with van der Waals surface area (Å²) in [5, 5.41) is 0. The zero-order chi connectivity index (χ0) is 14.3. The highest BCUT2D eigenvalue weighted by atomic mass is 32.2. The number of rotatable bonds is 6. The maximum atomic E-state index is 12.7. The minimum atomic E-state index is -3.39. The van der Waals surface area contributed by atoms with Crippen molar-refractivity contribution in [2.24, 2.45) is 11.7 Å². The molecule has 1 aromatic carbocycles. The quantitative estimate of drug-likeness (QED) is 0.815. The molecular weight excluding hydrogens is 292 g/mol. The summed E-state index contributed by atoms with van der Waals surface area (Å²) in [6, 6.07) is 6.77. The molecule has 6 heteroatoms. The minimum Gasteiger partial charge on any atom is -0.389 e. The van der Waals surface area contributed by atoms with Gasteiger partial charge in [0.25, 0.3) is 0 Å². The zero-order valence-electron chi connectivity index (χ0n) is 11.2. The number of thiocarbonyl (C=S) groups is 1. The number of nitrogens with zero attached hydrogens (tertiary/aromatic N) is 1. The molecule has 0 amide bonds. The molecule has 0 saturated heterocycles. The summed E-state index contributed by atoms with van der Waals surface area (Å²) in [5.41, 5.74) is 6.23. The van der Waals surface area contributed by atoms with Crippen molar-refractivity contribution >= 4 is 27.2 Å². The van der Waals surface area contributed by atoms with E-state index in [2.05, 4.69) is 0 Å².